The van der Waals surface area contributed by atoms with E-state index in [9.17, 15) is 19.5 Å². The van der Waals surface area contributed by atoms with Gasteiger partial charge in [-0.05, 0) is 80.8 Å². The van der Waals surface area contributed by atoms with Crippen LogP contribution in [0, 0.1) is 29.1 Å². The van der Waals surface area contributed by atoms with Gasteiger partial charge in [0.25, 0.3) is 5.91 Å². The van der Waals surface area contributed by atoms with Crippen LogP contribution in [0.5, 0.6) is 5.75 Å². The van der Waals surface area contributed by atoms with Crippen molar-refractivity contribution < 1.29 is 33.8 Å². The molecule has 6 rings (SSSR count). The number of fused-ring (bicyclic) bond motifs is 2. The number of hydrogen-bond acceptors (Lipinski definition) is 10. The second-order valence-electron chi connectivity index (χ2n) is 16.1. The summed E-state index contributed by atoms with van der Waals surface area (Å²) in [6.07, 6.45) is -0.0954. The highest BCUT2D eigenvalue weighted by atomic mass is 16.7. The van der Waals surface area contributed by atoms with Crippen molar-refractivity contribution in [3.8, 4) is 16.9 Å². The number of aliphatic hydroxyl groups excluding tert-OH is 1. The molecule has 4 aliphatic rings. The Balaban J connectivity index is 1.47. The van der Waals surface area contributed by atoms with E-state index in [0.29, 0.717) is 42.2 Å². The molecular formula is C40H60N6O7. The first kappa shape index (κ1) is 40.3. The quantitative estimate of drug-likeness (QED) is 0.227. The van der Waals surface area contributed by atoms with Gasteiger partial charge in [-0.15, -0.1) is 0 Å². The Morgan fingerprint density at radius 1 is 1.11 bits per heavy atom. The number of hydrogen-bond donors (Lipinski definition) is 4. The largest absolute Gasteiger partial charge is 0.496 e. The summed E-state index contributed by atoms with van der Waals surface area (Å²) < 4.78 is 11.9. The summed E-state index contributed by atoms with van der Waals surface area (Å²) in [4.78, 5) is 50.5. The first-order chi connectivity index (χ1) is 25.1. The van der Waals surface area contributed by atoms with E-state index in [4.69, 9.17) is 14.3 Å². The summed E-state index contributed by atoms with van der Waals surface area (Å²) in [7, 11) is 10.9. The van der Waals surface area contributed by atoms with Gasteiger partial charge in [0.2, 0.25) is 5.91 Å². The molecule has 0 unspecified atom stereocenters. The normalized spacial score (nSPS) is 26.7. The van der Waals surface area contributed by atoms with E-state index >= 15 is 0 Å². The maximum Gasteiger partial charge on any atom is 0.407 e. The molecule has 3 saturated carbocycles. The molecular weight excluding hydrogens is 676 g/mol. The standard InChI is InChI=1S/C40H60N6O7/c1-23-31-19-28(40(31,3)4)20-32(23)43-38(49)35-34(24(2)52-39(50)42-14-15-44(6)7)33(22-47)53-46(35)21-25-12-11-13-30(36(25)51-10)26-16-27(37(48)41-5)18-29(17-26)45(8)9/h11-13,16-18,23-24,28,31-35,47H,14-15,19-22H2,1-10H3,(H,41,48)(H,42,50)(H,43,49)/t23-,24-,28+,31-,32-,33-,34+,35-/m0/s1. The van der Waals surface area contributed by atoms with Crippen molar-refractivity contribution in [2.24, 2.45) is 29.1 Å². The lowest BCUT2D eigenvalue weighted by Gasteiger charge is -2.62. The zero-order valence-corrected chi connectivity index (χ0v) is 33.1. The van der Waals surface area contributed by atoms with E-state index < -0.39 is 30.3 Å². The Labute approximate surface area is 314 Å². The van der Waals surface area contributed by atoms with E-state index in [-0.39, 0.29) is 36.4 Å². The number of aliphatic hydroxyl groups is 1. The van der Waals surface area contributed by atoms with Crippen molar-refractivity contribution in [2.75, 3.05) is 66.9 Å². The first-order valence-corrected chi connectivity index (χ1v) is 18.8. The van der Waals surface area contributed by atoms with Crippen molar-refractivity contribution in [2.45, 2.75) is 71.4 Å². The Hall–Kier alpha value is -3.91. The molecule has 3 amide bonds. The minimum atomic E-state index is -0.888. The number of methoxy groups -OCH3 is 1. The molecule has 4 fully saturated rings. The zero-order valence-electron chi connectivity index (χ0n) is 33.1. The van der Waals surface area contributed by atoms with E-state index in [0.717, 1.165) is 28.8 Å². The Kier molecular flexibility index (Phi) is 12.6. The van der Waals surface area contributed by atoms with Crippen molar-refractivity contribution in [3.05, 3.63) is 47.5 Å². The molecule has 4 N–H and O–H groups in total. The average molecular weight is 737 g/mol. The van der Waals surface area contributed by atoms with Gasteiger partial charge in [-0.1, -0.05) is 39.0 Å². The topological polar surface area (TPSA) is 145 Å². The lowest BCUT2D eigenvalue weighted by atomic mass is 9.45. The highest BCUT2D eigenvalue weighted by molar-refractivity contribution is 5.97. The predicted octanol–water partition coefficient (Wildman–Crippen LogP) is 3.74. The third-order valence-corrected chi connectivity index (χ3v) is 12.0. The molecule has 0 aromatic heterocycles. The average Bonchev–Trinajstić information content (AvgIpc) is 3.49. The van der Waals surface area contributed by atoms with Crippen molar-refractivity contribution in [1.29, 1.82) is 0 Å². The lowest BCUT2D eigenvalue weighted by molar-refractivity contribution is -0.183. The van der Waals surface area contributed by atoms with Gasteiger partial charge in [-0.2, -0.15) is 5.06 Å². The highest BCUT2D eigenvalue weighted by Crippen LogP contribution is 2.61. The number of benzene rings is 2. The molecule has 13 heteroatoms. The fourth-order valence-corrected chi connectivity index (χ4v) is 8.79. The predicted molar refractivity (Wildman–Crippen MR) is 205 cm³/mol. The van der Waals surface area contributed by atoms with Gasteiger partial charge in [0.05, 0.1) is 26.2 Å². The minimum Gasteiger partial charge on any atom is -0.496 e. The molecule has 13 nitrogen and oxygen atoms in total. The third kappa shape index (κ3) is 8.43. The van der Waals surface area contributed by atoms with Crippen molar-refractivity contribution in [1.82, 2.24) is 25.9 Å². The van der Waals surface area contributed by atoms with Crippen LogP contribution in [-0.4, -0.2) is 119 Å². The molecule has 1 aliphatic heterocycles. The maximum atomic E-state index is 14.6. The SMILES string of the molecule is CNC(=O)c1cc(-c2cccc(CN3O[C@@H](CO)[C@@H]([C@H](C)OC(=O)NCCN(C)C)[C@H]3C(=O)N[C@H]3C[C@H]4C[C@@H]([C@@H]3C)C4(C)C)c2OC)cc(N(C)C)c1. The number of hydroxylamine groups is 2. The molecule has 0 radical (unpaired) electrons. The number of amides is 3. The summed E-state index contributed by atoms with van der Waals surface area (Å²) in [5.41, 5.74) is 3.89. The number of carbonyl (C=O) groups excluding carboxylic acids is 3. The highest BCUT2D eigenvalue weighted by Gasteiger charge is 2.57. The van der Waals surface area contributed by atoms with E-state index in [1.54, 1.807) is 26.1 Å². The fraction of sp³-hybridized carbons (Fsp3) is 0.625. The van der Waals surface area contributed by atoms with Gasteiger partial charge in [-0.25, -0.2) is 4.79 Å². The monoisotopic (exact) mass is 736 g/mol. The van der Waals surface area contributed by atoms with Crippen LogP contribution in [0.1, 0.15) is 56.5 Å². The lowest BCUT2D eigenvalue weighted by Crippen LogP contribution is -2.62. The molecule has 8 atom stereocenters. The maximum absolute atomic E-state index is 14.6. The van der Waals surface area contributed by atoms with Gasteiger partial charge in [-0.3, -0.25) is 14.4 Å². The van der Waals surface area contributed by atoms with Crippen LogP contribution in [0.15, 0.2) is 36.4 Å². The summed E-state index contributed by atoms with van der Waals surface area (Å²) in [6.45, 7) is 9.42. The molecule has 1 heterocycles. The minimum absolute atomic E-state index is 0.00291. The summed E-state index contributed by atoms with van der Waals surface area (Å²) in [5.74, 6) is 0.818. The number of likely N-dealkylation sites (N-methyl/N-ethyl adjacent to an activating group) is 1. The smallest absolute Gasteiger partial charge is 0.407 e. The number of nitrogens with zero attached hydrogens (tertiary/aromatic N) is 3. The van der Waals surface area contributed by atoms with Gasteiger partial charge >= 0.3 is 6.09 Å². The number of anilines is 1. The molecule has 2 bridgehead atoms. The van der Waals surface area contributed by atoms with Crippen LogP contribution in [0.3, 0.4) is 0 Å². The summed E-state index contributed by atoms with van der Waals surface area (Å²) in [5, 5.41) is 21.1. The van der Waals surface area contributed by atoms with Gasteiger partial charge in [0.1, 0.15) is 24.0 Å². The second kappa shape index (κ2) is 16.6. The van der Waals surface area contributed by atoms with E-state index in [2.05, 4.69) is 36.7 Å². The van der Waals surface area contributed by atoms with E-state index in [1.165, 1.54) is 6.42 Å². The van der Waals surface area contributed by atoms with Crippen LogP contribution in [0.4, 0.5) is 10.5 Å². The summed E-state index contributed by atoms with van der Waals surface area (Å²) in [6, 6.07) is 10.5. The third-order valence-electron chi connectivity index (χ3n) is 12.0. The number of para-hydroxylation sites is 1. The molecule has 292 valence electrons. The van der Waals surface area contributed by atoms with Gasteiger partial charge in [0, 0.05) is 62.7 Å². The van der Waals surface area contributed by atoms with Crippen molar-refractivity contribution >= 4 is 23.6 Å². The first-order valence-electron chi connectivity index (χ1n) is 18.8. The Bertz CT molecular complexity index is 1630. The second-order valence-corrected chi connectivity index (χ2v) is 16.1. The van der Waals surface area contributed by atoms with Crippen molar-refractivity contribution in [3.63, 3.8) is 0 Å². The van der Waals surface area contributed by atoms with Crippen LogP contribution in [-0.2, 0) is 20.9 Å². The van der Waals surface area contributed by atoms with Crippen LogP contribution < -0.4 is 25.6 Å². The molecule has 0 spiro atoms. The van der Waals surface area contributed by atoms with Crippen LogP contribution in [0.25, 0.3) is 11.1 Å². The molecule has 53 heavy (non-hydrogen) atoms. The number of alkyl carbamates (subject to hydrolysis) is 1. The number of carbonyl (C=O) groups is 3. The Morgan fingerprint density at radius 2 is 1.85 bits per heavy atom. The molecule has 3 aliphatic carbocycles. The Morgan fingerprint density at radius 3 is 2.45 bits per heavy atom. The van der Waals surface area contributed by atoms with Crippen LogP contribution >= 0.6 is 0 Å². The van der Waals surface area contributed by atoms with E-state index in [1.807, 2.05) is 74.4 Å². The van der Waals surface area contributed by atoms with Crippen LogP contribution in [0.2, 0.25) is 0 Å². The van der Waals surface area contributed by atoms with Gasteiger partial charge < -0.3 is 40.3 Å². The molecule has 1 saturated heterocycles. The summed E-state index contributed by atoms with van der Waals surface area (Å²) >= 11 is 0. The zero-order chi connectivity index (χ0) is 38.8. The molecule has 2 aromatic carbocycles. The van der Waals surface area contributed by atoms with Gasteiger partial charge in [0.15, 0.2) is 0 Å². The number of ether oxygens (including phenoxy) is 2. The fourth-order valence-electron chi connectivity index (χ4n) is 8.79. The number of nitrogens with one attached hydrogen (secondary N) is 3. The molecule has 2 aromatic rings. The number of rotatable bonds is 14.